The highest BCUT2D eigenvalue weighted by molar-refractivity contribution is 9.10. The average Bonchev–Trinajstić information content (AvgIpc) is 2.75. The molecule has 1 atom stereocenters. The van der Waals surface area contributed by atoms with Crippen LogP contribution in [-0.2, 0) is 18.5 Å². The standard InChI is InChI=1S/C16H20BrN3O/c1-3-20-13(15(17)11(2)19-20)10-16(18)8-9-21-14-7-5-4-6-12(14)16/h4-7H,3,8-10,18H2,1-2H3. The van der Waals surface area contributed by atoms with Crippen LogP contribution in [0, 0.1) is 6.92 Å². The van der Waals surface area contributed by atoms with Crippen LogP contribution in [-0.4, -0.2) is 16.4 Å². The fourth-order valence-corrected chi connectivity index (χ4v) is 3.43. The van der Waals surface area contributed by atoms with Gasteiger partial charge in [-0.25, -0.2) is 0 Å². The van der Waals surface area contributed by atoms with Crippen molar-refractivity contribution in [3.63, 3.8) is 0 Å². The number of benzene rings is 1. The summed E-state index contributed by atoms with van der Waals surface area (Å²) in [5, 5.41) is 4.56. The van der Waals surface area contributed by atoms with E-state index in [0.29, 0.717) is 6.61 Å². The Kier molecular flexibility index (Phi) is 3.80. The van der Waals surface area contributed by atoms with Crippen LogP contribution >= 0.6 is 15.9 Å². The van der Waals surface area contributed by atoms with E-state index in [-0.39, 0.29) is 0 Å². The van der Waals surface area contributed by atoms with E-state index in [0.717, 1.165) is 46.6 Å². The maximum atomic E-state index is 6.76. The van der Waals surface area contributed by atoms with Crippen molar-refractivity contribution in [2.24, 2.45) is 5.73 Å². The van der Waals surface area contributed by atoms with Crippen LogP contribution in [0.3, 0.4) is 0 Å². The van der Waals surface area contributed by atoms with Gasteiger partial charge < -0.3 is 10.5 Å². The van der Waals surface area contributed by atoms with Gasteiger partial charge in [-0.15, -0.1) is 0 Å². The van der Waals surface area contributed by atoms with Gasteiger partial charge in [-0.05, 0) is 35.8 Å². The van der Waals surface area contributed by atoms with Gasteiger partial charge in [-0.2, -0.15) is 5.10 Å². The Hall–Kier alpha value is -1.33. The van der Waals surface area contributed by atoms with E-state index in [1.807, 2.05) is 29.8 Å². The van der Waals surface area contributed by atoms with E-state index in [9.17, 15) is 0 Å². The molecule has 0 aliphatic carbocycles. The van der Waals surface area contributed by atoms with Crippen molar-refractivity contribution in [3.8, 4) is 5.75 Å². The van der Waals surface area contributed by atoms with Gasteiger partial charge in [0.25, 0.3) is 0 Å². The third-order valence-electron chi connectivity index (χ3n) is 4.16. The van der Waals surface area contributed by atoms with E-state index in [1.54, 1.807) is 0 Å². The summed E-state index contributed by atoms with van der Waals surface area (Å²) in [6.45, 7) is 5.62. The third-order valence-corrected chi connectivity index (χ3v) is 5.20. The Morgan fingerprint density at radius 1 is 1.43 bits per heavy atom. The summed E-state index contributed by atoms with van der Waals surface area (Å²) in [6.07, 6.45) is 1.56. The fraction of sp³-hybridized carbons (Fsp3) is 0.438. The zero-order chi connectivity index (χ0) is 15.0. The van der Waals surface area contributed by atoms with Gasteiger partial charge in [0.05, 0.1) is 28.0 Å². The predicted octanol–water partition coefficient (Wildman–Crippen LogP) is 3.15. The molecule has 1 aliphatic heterocycles. The normalized spacial score (nSPS) is 21.0. The van der Waals surface area contributed by atoms with Crippen LogP contribution in [0.25, 0.3) is 0 Å². The molecule has 0 amide bonds. The average molecular weight is 350 g/mol. The van der Waals surface area contributed by atoms with E-state index >= 15 is 0 Å². The smallest absolute Gasteiger partial charge is 0.124 e. The van der Waals surface area contributed by atoms with Gasteiger partial charge in [0.15, 0.2) is 0 Å². The third kappa shape index (κ3) is 2.49. The highest BCUT2D eigenvalue weighted by Crippen LogP contribution is 2.38. The van der Waals surface area contributed by atoms with Gasteiger partial charge in [0.2, 0.25) is 0 Å². The van der Waals surface area contributed by atoms with Crippen LogP contribution in [0.1, 0.15) is 30.3 Å². The number of ether oxygens (including phenoxy) is 1. The minimum atomic E-state index is -0.406. The second-order valence-corrected chi connectivity index (χ2v) is 6.38. The second kappa shape index (κ2) is 5.46. The number of para-hydroxylation sites is 1. The zero-order valence-corrected chi connectivity index (χ0v) is 14.0. The van der Waals surface area contributed by atoms with E-state index < -0.39 is 5.54 Å². The molecule has 2 aromatic rings. The summed E-state index contributed by atoms with van der Waals surface area (Å²) in [7, 11) is 0. The molecule has 1 aromatic heterocycles. The first-order valence-electron chi connectivity index (χ1n) is 7.28. The number of hydrogen-bond acceptors (Lipinski definition) is 3. The van der Waals surface area contributed by atoms with Crippen molar-refractivity contribution in [1.82, 2.24) is 9.78 Å². The minimum Gasteiger partial charge on any atom is -0.493 e. The molecule has 2 N–H and O–H groups in total. The fourth-order valence-electron chi connectivity index (χ4n) is 3.00. The van der Waals surface area contributed by atoms with Gasteiger partial charge in [-0.1, -0.05) is 18.2 Å². The minimum absolute atomic E-state index is 0.406. The molecule has 0 fully saturated rings. The molecule has 1 aromatic carbocycles. The largest absolute Gasteiger partial charge is 0.493 e. The van der Waals surface area contributed by atoms with Crippen molar-refractivity contribution in [3.05, 3.63) is 45.7 Å². The van der Waals surface area contributed by atoms with Gasteiger partial charge in [-0.3, -0.25) is 4.68 Å². The van der Waals surface area contributed by atoms with Crippen LogP contribution in [0.4, 0.5) is 0 Å². The number of rotatable bonds is 3. The van der Waals surface area contributed by atoms with Crippen molar-refractivity contribution < 1.29 is 4.74 Å². The van der Waals surface area contributed by atoms with E-state index in [2.05, 4.69) is 34.0 Å². The highest BCUT2D eigenvalue weighted by Gasteiger charge is 2.35. The lowest BCUT2D eigenvalue weighted by Crippen LogP contribution is -2.44. The lowest BCUT2D eigenvalue weighted by atomic mass is 9.81. The van der Waals surface area contributed by atoms with Crippen molar-refractivity contribution >= 4 is 15.9 Å². The van der Waals surface area contributed by atoms with Crippen molar-refractivity contribution in [2.45, 2.75) is 38.8 Å². The highest BCUT2D eigenvalue weighted by atomic mass is 79.9. The number of aryl methyl sites for hydroxylation is 2. The molecule has 0 saturated carbocycles. The summed E-state index contributed by atoms with van der Waals surface area (Å²) in [5.41, 5.74) is 9.62. The number of aromatic nitrogens is 2. The topological polar surface area (TPSA) is 53.1 Å². The van der Waals surface area contributed by atoms with Crippen LogP contribution in [0.5, 0.6) is 5.75 Å². The number of nitrogens with two attached hydrogens (primary N) is 1. The number of halogens is 1. The molecule has 2 heterocycles. The van der Waals surface area contributed by atoms with E-state index in [1.165, 1.54) is 0 Å². The summed E-state index contributed by atoms with van der Waals surface area (Å²) in [4.78, 5) is 0. The number of fused-ring (bicyclic) bond motifs is 1. The van der Waals surface area contributed by atoms with Crippen LogP contribution in [0.15, 0.2) is 28.7 Å². The molecule has 0 spiro atoms. The summed E-state index contributed by atoms with van der Waals surface area (Å²) in [5.74, 6) is 0.904. The predicted molar refractivity (Wildman–Crippen MR) is 86.5 cm³/mol. The summed E-state index contributed by atoms with van der Waals surface area (Å²) in [6, 6.07) is 8.07. The molecule has 3 rings (SSSR count). The quantitative estimate of drug-likeness (QED) is 0.925. The molecular formula is C16H20BrN3O. The SMILES string of the molecule is CCn1nc(C)c(Br)c1CC1(N)CCOc2ccccc21. The lowest BCUT2D eigenvalue weighted by Gasteiger charge is -2.35. The molecular weight excluding hydrogens is 330 g/mol. The Morgan fingerprint density at radius 3 is 2.95 bits per heavy atom. The Labute approximate surface area is 133 Å². The van der Waals surface area contributed by atoms with Crippen molar-refractivity contribution in [1.29, 1.82) is 0 Å². The second-order valence-electron chi connectivity index (χ2n) is 5.59. The van der Waals surface area contributed by atoms with Crippen LogP contribution < -0.4 is 10.5 Å². The monoisotopic (exact) mass is 349 g/mol. The maximum Gasteiger partial charge on any atom is 0.124 e. The zero-order valence-electron chi connectivity index (χ0n) is 12.4. The first-order valence-corrected chi connectivity index (χ1v) is 8.07. The molecule has 112 valence electrons. The Bertz CT molecular complexity index is 668. The summed E-state index contributed by atoms with van der Waals surface area (Å²) < 4.78 is 8.84. The molecule has 0 saturated heterocycles. The Balaban J connectivity index is 2.02. The molecule has 4 nitrogen and oxygen atoms in total. The van der Waals surface area contributed by atoms with E-state index in [4.69, 9.17) is 10.5 Å². The summed E-state index contributed by atoms with van der Waals surface area (Å²) >= 11 is 3.66. The van der Waals surface area contributed by atoms with Crippen LogP contribution in [0.2, 0.25) is 0 Å². The molecule has 1 unspecified atom stereocenters. The van der Waals surface area contributed by atoms with Gasteiger partial charge in [0, 0.05) is 24.9 Å². The molecule has 0 radical (unpaired) electrons. The van der Waals surface area contributed by atoms with Crippen molar-refractivity contribution in [2.75, 3.05) is 6.61 Å². The molecule has 0 bridgehead atoms. The Morgan fingerprint density at radius 2 is 2.19 bits per heavy atom. The molecule has 1 aliphatic rings. The lowest BCUT2D eigenvalue weighted by molar-refractivity contribution is 0.213. The maximum absolute atomic E-state index is 6.76. The number of hydrogen-bond donors (Lipinski definition) is 1. The van der Waals surface area contributed by atoms with Gasteiger partial charge in [0.1, 0.15) is 5.75 Å². The first-order chi connectivity index (χ1) is 10.0. The number of nitrogens with zero attached hydrogens (tertiary/aromatic N) is 2. The molecule has 5 heteroatoms. The molecule has 21 heavy (non-hydrogen) atoms. The first kappa shape index (κ1) is 14.6. The van der Waals surface area contributed by atoms with Gasteiger partial charge >= 0.3 is 0 Å².